The highest BCUT2D eigenvalue weighted by Gasteiger charge is 2.11. The van der Waals surface area contributed by atoms with E-state index in [1.807, 2.05) is 36.4 Å². The highest BCUT2D eigenvalue weighted by Crippen LogP contribution is 2.21. The van der Waals surface area contributed by atoms with Gasteiger partial charge >= 0.3 is 0 Å². The molecule has 94 valence electrons. The highest BCUT2D eigenvalue weighted by molar-refractivity contribution is 5.30. The molecule has 0 aliphatic carbocycles. The van der Waals surface area contributed by atoms with Crippen LogP contribution in [0.1, 0.15) is 11.5 Å². The molecule has 0 saturated heterocycles. The molecule has 0 heterocycles. The molecule has 0 radical (unpaired) electrons. The van der Waals surface area contributed by atoms with Crippen molar-refractivity contribution in [2.24, 2.45) is 0 Å². The fraction of sp³-hybridized carbons (Fsp3) is 0.200. The monoisotopic (exact) mass is 244 g/mol. The van der Waals surface area contributed by atoms with Crippen molar-refractivity contribution < 1.29 is 14.9 Å². The van der Waals surface area contributed by atoms with E-state index in [2.05, 4.69) is 0 Å². The summed E-state index contributed by atoms with van der Waals surface area (Å²) >= 11 is 0. The zero-order valence-electron chi connectivity index (χ0n) is 9.99. The molecule has 1 unspecified atom stereocenters. The fourth-order valence-electron chi connectivity index (χ4n) is 1.75. The van der Waals surface area contributed by atoms with Gasteiger partial charge in [0.1, 0.15) is 11.5 Å². The lowest BCUT2D eigenvalue weighted by atomic mass is 10.0. The van der Waals surface area contributed by atoms with E-state index >= 15 is 0 Å². The Morgan fingerprint density at radius 1 is 1.00 bits per heavy atom. The van der Waals surface area contributed by atoms with Crippen molar-refractivity contribution >= 4 is 0 Å². The lowest BCUT2D eigenvalue weighted by molar-refractivity contribution is 0.205. The third kappa shape index (κ3) is 3.25. The average molecular weight is 244 g/mol. The van der Waals surface area contributed by atoms with Gasteiger partial charge in [0.2, 0.25) is 0 Å². The fourth-order valence-corrected chi connectivity index (χ4v) is 1.75. The minimum atomic E-state index is -0.141. The predicted octanol–water partition coefficient (Wildman–Crippen LogP) is 2.55. The number of phenols is 1. The maximum absolute atomic E-state index is 9.42. The van der Waals surface area contributed by atoms with E-state index in [-0.39, 0.29) is 18.3 Å². The molecule has 2 aromatic rings. The van der Waals surface area contributed by atoms with Crippen LogP contribution in [0.4, 0.5) is 0 Å². The third-order valence-corrected chi connectivity index (χ3v) is 2.76. The SMILES string of the molecule is OCC(COc1ccccc1)c1cccc(O)c1. The summed E-state index contributed by atoms with van der Waals surface area (Å²) in [5, 5.41) is 18.8. The number of ether oxygens (including phenoxy) is 1. The predicted molar refractivity (Wildman–Crippen MR) is 69.9 cm³/mol. The molecule has 0 amide bonds. The molecule has 2 rings (SSSR count). The molecule has 0 fully saturated rings. The summed E-state index contributed by atoms with van der Waals surface area (Å²) in [6.07, 6.45) is 0. The second-order valence-electron chi connectivity index (χ2n) is 4.10. The molecular weight excluding hydrogens is 228 g/mol. The largest absolute Gasteiger partial charge is 0.508 e. The molecule has 0 aliphatic rings. The van der Waals surface area contributed by atoms with Crippen LogP contribution >= 0.6 is 0 Å². The number of hydrogen-bond donors (Lipinski definition) is 2. The Morgan fingerprint density at radius 2 is 1.78 bits per heavy atom. The average Bonchev–Trinajstić information content (AvgIpc) is 2.41. The number of aliphatic hydroxyl groups is 1. The van der Waals surface area contributed by atoms with Crippen LogP contribution in [-0.4, -0.2) is 23.4 Å². The van der Waals surface area contributed by atoms with Gasteiger partial charge in [-0.2, -0.15) is 0 Å². The molecule has 0 aromatic heterocycles. The molecule has 2 aromatic carbocycles. The normalized spacial score (nSPS) is 12.1. The van der Waals surface area contributed by atoms with Crippen LogP contribution < -0.4 is 4.74 Å². The molecule has 1 atom stereocenters. The molecule has 0 aliphatic heterocycles. The van der Waals surface area contributed by atoms with Gasteiger partial charge in [0.15, 0.2) is 0 Å². The number of benzene rings is 2. The Hall–Kier alpha value is -2.00. The molecule has 2 N–H and O–H groups in total. The van der Waals surface area contributed by atoms with Crippen molar-refractivity contribution in [1.29, 1.82) is 0 Å². The van der Waals surface area contributed by atoms with Crippen LogP contribution in [0.25, 0.3) is 0 Å². The van der Waals surface area contributed by atoms with E-state index in [0.717, 1.165) is 11.3 Å². The number of rotatable bonds is 5. The first-order valence-corrected chi connectivity index (χ1v) is 5.87. The Morgan fingerprint density at radius 3 is 2.44 bits per heavy atom. The second-order valence-corrected chi connectivity index (χ2v) is 4.10. The summed E-state index contributed by atoms with van der Waals surface area (Å²) in [5.41, 5.74) is 0.869. The van der Waals surface area contributed by atoms with Crippen molar-refractivity contribution in [3.8, 4) is 11.5 Å². The molecular formula is C15H16O3. The van der Waals surface area contributed by atoms with Crippen molar-refractivity contribution in [2.45, 2.75) is 5.92 Å². The minimum absolute atomic E-state index is 0.0176. The van der Waals surface area contributed by atoms with Gasteiger partial charge in [0, 0.05) is 5.92 Å². The summed E-state index contributed by atoms with van der Waals surface area (Å²) in [4.78, 5) is 0. The Bertz CT molecular complexity index is 482. The molecule has 3 heteroatoms. The zero-order chi connectivity index (χ0) is 12.8. The smallest absolute Gasteiger partial charge is 0.119 e. The number of hydrogen-bond acceptors (Lipinski definition) is 3. The van der Waals surface area contributed by atoms with Gasteiger partial charge in [-0.15, -0.1) is 0 Å². The maximum Gasteiger partial charge on any atom is 0.119 e. The molecule has 3 nitrogen and oxygen atoms in total. The van der Waals surface area contributed by atoms with Gasteiger partial charge in [-0.1, -0.05) is 30.3 Å². The Kier molecular flexibility index (Phi) is 4.20. The van der Waals surface area contributed by atoms with Gasteiger partial charge in [-0.3, -0.25) is 0 Å². The van der Waals surface area contributed by atoms with Gasteiger partial charge in [0.05, 0.1) is 13.2 Å². The van der Waals surface area contributed by atoms with Crippen molar-refractivity contribution in [3.63, 3.8) is 0 Å². The lowest BCUT2D eigenvalue weighted by Crippen LogP contribution is -2.14. The van der Waals surface area contributed by atoms with E-state index < -0.39 is 0 Å². The first-order chi connectivity index (χ1) is 8.79. The zero-order valence-corrected chi connectivity index (χ0v) is 9.99. The van der Waals surface area contributed by atoms with Gasteiger partial charge in [-0.05, 0) is 29.8 Å². The summed E-state index contributed by atoms with van der Waals surface area (Å²) < 4.78 is 5.61. The van der Waals surface area contributed by atoms with Crippen molar-refractivity contribution in [1.82, 2.24) is 0 Å². The van der Waals surface area contributed by atoms with E-state index in [0.29, 0.717) is 6.61 Å². The molecule has 0 saturated carbocycles. The first-order valence-electron chi connectivity index (χ1n) is 5.87. The van der Waals surface area contributed by atoms with Crippen LogP contribution in [0, 0.1) is 0 Å². The summed E-state index contributed by atoms with van der Waals surface area (Å²) in [6.45, 7) is 0.361. The van der Waals surface area contributed by atoms with Crippen molar-refractivity contribution in [2.75, 3.05) is 13.2 Å². The van der Waals surface area contributed by atoms with Gasteiger partial charge in [0.25, 0.3) is 0 Å². The maximum atomic E-state index is 9.42. The van der Waals surface area contributed by atoms with Crippen LogP contribution in [0.5, 0.6) is 11.5 Å². The number of para-hydroxylation sites is 1. The highest BCUT2D eigenvalue weighted by atomic mass is 16.5. The van der Waals surface area contributed by atoms with Crippen molar-refractivity contribution in [3.05, 3.63) is 60.2 Å². The van der Waals surface area contributed by atoms with E-state index in [1.54, 1.807) is 18.2 Å². The molecule has 0 spiro atoms. The van der Waals surface area contributed by atoms with Crippen LogP contribution in [-0.2, 0) is 0 Å². The standard InChI is InChI=1S/C15H16O3/c16-10-13(12-5-4-6-14(17)9-12)11-18-15-7-2-1-3-8-15/h1-9,13,16-17H,10-11H2. The molecule has 18 heavy (non-hydrogen) atoms. The number of aromatic hydroxyl groups is 1. The number of aliphatic hydroxyl groups excluding tert-OH is 1. The topological polar surface area (TPSA) is 49.7 Å². The van der Waals surface area contributed by atoms with Crippen LogP contribution in [0.3, 0.4) is 0 Å². The van der Waals surface area contributed by atoms with Gasteiger partial charge in [-0.25, -0.2) is 0 Å². The lowest BCUT2D eigenvalue weighted by Gasteiger charge is -2.16. The Balaban J connectivity index is 2.02. The summed E-state index contributed by atoms with van der Waals surface area (Å²) in [5.74, 6) is 0.832. The Labute approximate surface area is 106 Å². The van der Waals surface area contributed by atoms with Gasteiger partial charge < -0.3 is 14.9 Å². The minimum Gasteiger partial charge on any atom is -0.508 e. The van der Waals surface area contributed by atoms with E-state index in [9.17, 15) is 10.2 Å². The van der Waals surface area contributed by atoms with E-state index in [4.69, 9.17) is 4.74 Å². The van der Waals surface area contributed by atoms with Crippen LogP contribution in [0.2, 0.25) is 0 Å². The third-order valence-electron chi connectivity index (χ3n) is 2.76. The van der Waals surface area contributed by atoms with E-state index in [1.165, 1.54) is 0 Å². The summed E-state index contributed by atoms with van der Waals surface area (Å²) in [7, 11) is 0. The quantitative estimate of drug-likeness (QED) is 0.849. The number of phenolic OH excluding ortho intramolecular Hbond substituents is 1. The first kappa shape index (κ1) is 12.5. The van der Waals surface area contributed by atoms with Crippen LogP contribution in [0.15, 0.2) is 54.6 Å². The summed E-state index contributed by atoms with van der Waals surface area (Å²) in [6, 6.07) is 16.4. The second kappa shape index (κ2) is 6.07. The molecule has 0 bridgehead atoms.